The molecule has 1 heterocycles. The Bertz CT molecular complexity index is 1220. The summed E-state index contributed by atoms with van der Waals surface area (Å²) in [5.74, 6) is -1.28. The molecule has 32 heavy (non-hydrogen) atoms. The first kappa shape index (κ1) is 21.9. The third-order valence-electron chi connectivity index (χ3n) is 5.16. The van der Waals surface area contributed by atoms with Crippen LogP contribution in [0.15, 0.2) is 78.4 Å². The van der Waals surface area contributed by atoms with Gasteiger partial charge in [-0.2, -0.15) is 0 Å². The monoisotopic (exact) mass is 467 g/mol. The topological polar surface area (TPSA) is 66.8 Å². The summed E-state index contributed by atoms with van der Waals surface area (Å²) < 4.78 is 5.57. The number of ketones is 1. The number of carbonyl (C=O) groups excluding carboxylic acids is 2. The first-order valence-electron chi connectivity index (χ1n) is 9.96. The normalized spacial score (nSPS) is 17.6. The van der Waals surface area contributed by atoms with Gasteiger partial charge in [-0.3, -0.25) is 14.5 Å². The third kappa shape index (κ3) is 3.97. The fourth-order valence-corrected chi connectivity index (χ4v) is 4.04. The van der Waals surface area contributed by atoms with Gasteiger partial charge in [-0.05, 0) is 42.8 Å². The molecule has 1 aliphatic rings. The quantitative estimate of drug-likeness (QED) is 0.283. The van der Waals surface area contributed by atoms with Crippen molar-refractivity contribution in [1.29, 1.82) is 0 Å². The highest BCUT2D eigenvalue weighted by Gasteiger charge is 2.47. The van der Waals surface area contributed by atoms with Crippen LogP contribution in [0.4, 0.5) is 5.69 Å². The average Bonchev–Trinajstić information content (AvgIpc) is 3.07. The number of hydrogen-bond acceptors (Lipinski definition) is 4. The number of amides is 1. The number of benzene rings is 3. The van der Waals surface area contributed by atoms with Gasteiger partial charge in [-0.15, -0.1) is 0 Å². The Hall–Kier alpha value is -3.28. The Kier molecular flexibility index (Phi) is 6.21. The van der Waals surface area contributed by atoms with Crippen molar-refractivity contribution in [3.05, 3.63) is 99.5 Å². The van der Waals surface area contributed by atoms with Crippen molar-refractivity contribution in [2.75, 3.05) is 11.5 Å². The van der Waals surface area contributed by atoms with Crippen molar-refractivity contribution >= 4 is 46.3 Å². The van der Waals surface area contributed by atoms with E-state index in [2.05, 4.69) is 0 Å². The second-order valence-corrected chi connectivity index (χ2v) is 7.95. The standard InChI is InChI=1S/C25H19Cl2NO4/c1-2-32-18-10-6-9-17(14-18)28-22(15-7-4-3-5-8-15)21(24(30)25(28)31)23(29)16-11-12-19(26)20(27)13-16/h3-14,22,29H,2H2,1H3/b23-21+. The maximum atomic E-state index is 13.2. The number of aliphatic hydroxyl groups excluding tert-OH is 1. The van der Waals surface area contributed by atoms with E-state index in [0.717, 1.165) is 0 Å². The van der Waals surface area contributed by atoms with Crippen molar-refractivity contribution in [2.45, 2.75) is 13.0 Å². The molecule has 0 radical (unpaired) electrons. The summed E-state index contributed by atoms with van der Waals surface area (Å²) in [5.41, 5.74) is 1.43. The summed E-state index contributed by atoms with van der Waals surface area (Å²) in [6, 6.07) is 19.7. The lowest BCUT2D eigenvalue weighted by atomic mass is 9.95. The summed E-state index contributed by atoms with van der Waals surface area (Å²) in [6.07, 6.45) is 0. The summed E-state index contributed by atoms with van der Waals surface area (Å²) in [7, 11) is 0. The number of nitrogens with zero attached hydrogens (tertiary/aromatic N) is 1. The van der Waals surface area contributed by atoms with Crippen molar-refractivity contribution in [2.24, 2.45) is 0 Å². The largest absolute Gasteiger partial charge is 0.507 e. The Labute approximate surface area is 195 Å². The van der Waals surface area contributed by atoms with Gasteiger partial charge in [0.2, 0.25) is 0 Å². The number of carbonyl (C=O) groups is 2. The number of halogens is 2. The summed E-state index contributed by atoms with van der Waals surface area (Å²) in [4.78, 5) is 27.7. The summed E-state index contributed by atoms with van der Waals surface area (Å²) in [6.45, 7) is 2.32. The molecule has 0 spiro atoms. The number of aliphatic hydroxyl groups is 1. The van der Waals surface area contributed by atoms with Gasteiger partial charge in [0, 0.05) is 17.3 Å². The SMILES string of the molecule is CCOc1cccc(N2C(=O)C(=O)/C(=C(/O)c3ccc(Cl)c(Cl)c3)C2c2ccccc2)c1. The molecule has 1 fully saturated rings. The van der Waals surface area contributed by atoms with Gasteiger partial charge >= 0.3 is 0 Å². The van der Waals surface area contributed by atoms with Crippen molar-refractivity contribution < 1.29 is 19.4 Å². The Morgan fingerprint density at radius 1 is 0.969 bits per heavy atom. The minimum absolute atomic E-state index is 0.0265. The first-order valence-corrected chi connectivity index (χ1v) is 10.7. The second-order valence-electron chi connectivity index (χ2n) is 7.14. The molecule has 0 aromatic heterocycles. The van der Waals surface area contributed by atoms with Gasteiger partial charge in [0.15, 0.2) is 0 Å². The number of hydrogen-bond donors (Lipinski definition) is 1. The van der Waals surface area contributed by atoms with Crippen LogP contribution in [0.25, 0.3) is 5.76 Å². The van der Waals surface area contributed by atoms with Crippen LogP contribution in [-0.2, 0) is 9.59 Å². The van der Waals surface area contributed by atoms with Gasteiger partial charge in [-0.1, -0.05) is 59.6 Å². The molecule has 162 valence electrons. The highest BCUT2D eigenvalue weighted by Crippen LogP contribution is 2.43. The molecule has 1 N–H and O–H groups in total. The van der Waals surface area contributed by atoms with E-state index < -0.39 is 17.7 Å². The fourth-order valence-electron chi connectivity index (χ4n) is 3.74. The zero-order valence-corrected chi connectivity index (χ0v) is 18.6. The molecule has 0 bridgehead atoms. The van der Waals surface area contributed by atoms with Crippen molar-refractivity contribution in [3.63, 3.8) is 0 Å². The van der Waals surface area contributed by atoms with Gasteiger partial charge in [0.05, 0.1) is 28.3 Å². The van der Waals surface area contributed by atoms with E-state index in [-0.39, 0.29) is 16.4 Å². The van der Waals surface area contributed by atoms with E-state index in [1.54, 1.807) is 42.5 Å². The minimum Gasteiger partial charge on any atom is -0.507 e. The number of Topliss-reactive ketones (excluding diaryl/α,β-unsaturated/α-hetero) is 1. The lowest BCUT2D eigenvalue weighted by Gasteiger charge is -2.25. The maximum absolute atomic E-state index is 13.2. The van der Waals surface area contributed by atoms with E-state index in [1.807, 2.05) is 25.1 Å². The predicted octanol–water partition coefficient (Wildman–Crippen LogP) is 6.02. The number of ether oxygens (including phenoxy) is 1. The van der Waals surface area contributed by atoms with Crippen LogP contribution < -0.4 is 9.64 Å². The molecular weight excluding hydrogens is 449 g/mol. The third-order valence-corrected chi connectivity index (χ3v) is 5.90. The molecule has 4 rings (SSSR count). The smallest absolute Gasteiger partial charge is 0.300 e. The number of anilines is 1. The van der Waals surface area contributed by atoms with E-state index >= 15 is 0 Å². The van der Waals surface area contributed by atoms with Crippen LogP contribution in [0.1, 0.15) is 24.1 Å². The molecule has 3 aromatic rings. The van der Waals surface area contributed by atoms with Crippen LogP contribution in [0.5, 0.6) is 5.75 Å². The summed E-state index contributed by atoms with van der Waals surface area (Å²) in [5, 5.41) is 11.7. The van der Waals surface area contributed by atoms with Crippen LogP contribution >= 0.6 is 23.2 Å². The van der Waals surface area contributed by atoms with Crippen LogP contribution in [0, 0.1) is 0 Å². The van der Waals surface area contributed by atoms with Gasteiger partial charge in [0.1, 0.15) is 11.5 Å². The zero-order chi connectivity index (χ0) is 22.8. The average molecular weight is 468 g/mol. The Morgan fingerprint density at radius 3 is 2.41 bits per heavy atom. The van der Waals surface area contributed by atoms with Crippen LogP contribution in [0.2, 0.25) is 10.0 Å². The maximum Gasteiger partial charge on any atom is 0.300 e. The highest BCUT2D eigenvalue weighted by atomic mass is 35.5. The number of rotatable bonds is 5. The van der Waals surface area contributed by atoms with Gasteiger partial charge in [-0.25, -0.2) is 0 Å². The Morgan fingerprint density at radius 2 is 1.72 bits per heavy atom. The molecule has 7 heteroatoms. The second kappa shape index (κ2) is 9.07. The molecular formula is C25H19Cl2NO4. The first-order chi connectivity index (χ1) is 15.4. The highest BCUT2D eigenvalue weighted by molar-refractivity contribution is 6.51. The molecule has 1 unspecified atom stereocenters. The molecule has 0 saturated carbocycles. The summed E-state index contributed by atoms with van der Waals surface area (Å²) >= 11 is 12.1. The van der Waals surface area contributed by atoms with Crippen molar-refractivity contribution in [1.82, 2.24) is 0 Å². The molecule has 1 saturated heterocycles. The molecule has 0 aliphatic carbocycles. The molecule has 1 amide bonds. The fraction of sp³-hybridized carbons (Fsp3) is 0.120. The van der Waals surface area contributed by atoms with E-state index in [4.69, 9.17) is 27.9 Å². The zero-order valence-electron chi connectivity index (χ0n) is 17.1. The van der Waals surface area contributed by atoms with E-state index in [0.29, 0.717) is 34.2 Å². The molecule has 3 aromatic carbocycles. The molecule has 5 nitrogen and oxygen atoms in total. The minimum atomic E-state index is -0.831. The predicted molar refractivity (Wildman–Crippen MR) is 125 cm³/mol. The van der Waals surface area contributed by atoms with Gasteiger partial charge in [0.25, 0.3) is 11.7 Å². The molecule has 1 atom stereocenters. The van der Waals surface area contributed by atoms with E-state index in [1.165, 1.54) is 17.0 Å². The van der Waals surface area contributed by atoms with E-state index in [9.17, 15) is 14.7 Å². The van der Waals surface area contributed by atoms with Crippen molar-refractivity contribution in [3.8, 4) is 5.75 Å². The van der Waals surface area contributed by atoms with Crippen LogP contribution in [0.3, 0.4) is 0 Å². The lowest BCUT2D eigenvalue weighted by molar-refractivity contribution is -0.132. The Balaban J connectivity index is 1.92. The van der Waals surface area contributed by atoms with Gasteiger partial charge < -0.3 is 9.84 Å². The molecule has 1 aliphatic heterocycles. The lowest BCUT2D eigenvalue weighted by Crippen LogP contribution is -2.29. The van der Waals surface area contributed by atoms with Crippen LogP contribution in [-0.4, -0.2) is 23.4 Å².